The average Bonchev–Trinajstić information content (AvgIpc) is 3.71. The number of esters is 1. The molecule has 0 aliphatic heterocycles. The summed E-state index contributed by atoms with van der Waals surface area (Å²) in [5.74, 6) is -1.11. The van der Waals surface area contributed by atoms with Crippen LogP contribution in [0.3, 0.4) is 0 Å². The Balaban J connectivity index is 1.56. The molecule has 2 aromatic heterocycles. The van der Waals surface area contributed by atoms with Crippen molar-refractivity contribution in [1.29, 1.82) is 0 Å². The minimum absolute atomic E-state index is 0.0747. The number of rotatable bonds is 9. The second-order valence-electron chi connectivity index (χ2n) is 9.22. The highest BCUT2D eigenvalue weighted by Crippen LogP contribution is 2.31. The van der Waals surface area contributed by atoms with Gasteiger partial charge < -0.3 is 10.1 Å². The lowest BCUT2D eigenvalue weighted by molar-refractivity contribution is -0.127. The highest BCUT2D eigenvalue weighted by Gasteiger charge is 2.35. The lowest BCUT2D eigenvalue weighted by Crippen LogP contribution is -2.47. The first-order valence-corrected chi connectivity index (χ1v) is 13.7. The molecule has 1 saturated carbocycles. The van der Waals surface area contributed by atoms with Gasteiger partial charge in [0.2, 0.25) is 11.8 Å². The van der Waals surface area contributed by atoms with Gasteiger partial charge in [-0.2, -0.15) is 11.3 Å². The van der Waals surface area contributed by atoms with Crippen LogP contribution in [0.25, 0.3) is 11.0 Å². The molecule has 0 bridgehead atoms. The van der Waals surface area contributed by atoms with E-state index in [0.717, 1.165) is 25.7 Å². The van der Waals surface area contributed by atoms with E-state index < -0.39 is 12.0 Å². The molecule has 10 heteroatoms. The molecule has 1 atom stereocenters. The summed E-state index contributed by atoms with van der Waals surface area (Å²) in [5, 5.41) is 15.3. The third kappa shape index (κ3) is 5.45. The molecular weight excluding hydrogens is 502 g/mol. The van der Waals surface area contributed by atoms with Crippen LogP contribution in [0, 0.1) is 0 Å². The van der Waals surface area contributed by atoms with E-state index >= 15 is 0 Å². The van der Waals surface area contributed by atoms with Gasteiger partial charge in [0, 0.05) is 11.7 Å². The van der Waals surface area contributed by atoms with Crippen molar-refractivity contribution in [2.45, 2.75) is 51.2 Å². The summed E-state index contributed by atoms with van der Waals surface area (Å²) in [4.78, 5) is 41.9. The number of nitrogens with one attached hydrogen (secondary N) is 1. The maximum atomic E-state index is 14.1. The fourth-order valence-electron chi connectivity index (χ4n) is 4.87. The molecule has 0 radical (unpaired) electrons. The van der Waals surface area contributed by atoms with Gasteiger partial charge in [0.1, 0.15) is 18.1 Å². The molecule has 0 unspecified atom stereocenters. The number of thiophene rings is 1. The predicted molar refractivity (Wildman–Crippen MR) is 145 cm³/mol. The van der Waals surface area contributed by atoms with E-state index in [9.17, 15) is 14.4 Å². The highest BCUT2D eigenvalue weighted by atomic mass is 32.1. The topological polar surface area (TPSA) is 106 Å². The summed E-state index contributed by atoms with van der Waals surface area (Å²) in [6.07, 6.45) is 3.97. The first-order chi connectivity index (χ1) is 18.5. The second kappa shape index (κ2) is 11.6. The Morgan fingerprint density at radius 3 is 2.71 bits per heavy atom. The number of amides is 2. The maximum absolute atomic E-state index is 14.1. The summed E-state index contributed by atoms with van der Waals surface area (Å²) >= 11 is 1.45. The van der Waals surface area contributed by atoms with Crippen LogP contribution in [0.2, 0.25) is 0 Å². The zero-order chi connectivity index (χ0) is 26.5. The van der Waals surface area contributed by atoms with Crippen molar-refractivity contribution in [3.63, 3.8) is 0 Å². The van der Waals surface area contributed by atoms with Gasteiger partial charge in [-0.25, -0.2) is 9.48 Å². The Morgan fingerprint density at radius 2 is 1.95 bits per heavy atom. The number of para-hydroxylation sites is 1. The van der Waals surface area contributed by atoms with Gasteiger partial charge >= 0.3 is 5.97 Å². The molecule has 38 heavy (non-hydrogen) atoms. The number of carbonyl (C=O) groups is 3. The molecule has 2 heterocycles. The number of nitrogens with zero attached hydrogens (tertiary/aromatic N) is 4. The van der Waals surface area contributed by atoms with E-state index in [1.165, 1.54) is 20.9 Å². The van der Waals surface area contributed by atoms with E-state index in [0.29, 0.717) is 27.8 Å². The van der Waals surface area contributed by atoms with E-state index in [1.807, 2.05) is 41.1 Å². The van der Waals surface area contributed by atoms with Crippen LogP contribution in [0.4, 0.5) is 5.69 Å². The van der Waals surface area contributed by atoms with E-state index in [2.05, 4.69) is 15.6 Å². The molecule has 196 valence electrons. The van der Waals surface area contributed by atoms with Crippen molar-refractivity contribution in [3.8, 4) is 0 Å². The zero-order valence-corrected chi connectivity index (χ0v) is 21.9. The van der Waals surface area contributed by atoms with Gasteiger partial charge in [-0.3, -0.25) is 14.5 Å². The molecule has 2 aromatic carbocycles. The number of benzene rings is 2. The Hall–Kier alpha value is -4.05. The quantitative estimate of drug-likeness (QED) is 0.319. The standard InChI is InChI=1S/C28H29N5O4S/c1-2-37-28(36)19-8-7-11-22(16-19)33(25(34)17-32-24-13-6-5-12-23(24)30-31-32)26(20-14-15-38-18-20)27(35)29-21-9-3-4-10-21/h5-8,11-16,18,21,26H,2-4,9-10,17H2,1H3,(H,29,35)/t26-/m0/s1. The van der Waals surface area contributed by atoms with Crippen LogP contribution >= 0.6 is 11.3 Å². The monoisotopic (exact) mass is 531 g/mol. The van der Waals surface area contributed by atoms with Crippen LogP contribution < -0.4 is 10.2 Å². The van der Waals surface area contributed by atoms with Gasteiger partial charge in [0.25, 0.3) is 0 Å². The Morgan fingerprint density at radius 1 is 1.13 bits per heavy atom. The van der Waals surface area contributed by atoms with Crippen molar-refractivity contribution in [3.05, 3.63) is 76.5 Å². The lowest BCUT2D eigenvalue weighted by Gasteiger charge is -2.32. The first-order valence-electron chi connectivity index (χ1n) is 12.7. The molecule has 1 N–H and O–H groups in total. The van der Waals surface area contributed by atoms with E-state index in [4.69, 9.17) is 4.74 Å². The molecule has 1 aliphatic carbocycles. The molecule has 4 aromatic rings. The number of hydrogen-bond acceptors (Lipinski definition) is 7. The highest BCUT2D eigenvalue weighted by molar-refractivity contribution is 7.08. The summed E-state index contributed by atoms with van der Waals surface area (Å²) < 4.78 is 6.71. The molecule has 1 aliphatic rings. The number of fused-ring (bicyclic) bond motifs is 1. The van der Waals surface area contributed by atoms with Crippen molar-refractivity contribution in [1.82, 2.24) is 20.3 Å². The summed E-state index contributed by atoms with van der Waals surface area (Å²) in [6, 6.07) is 15.0. The van der Waals surface area contributed by atoms with Crippen LogP contribution in [0.5, 0.6) is 0 Å². The normalized spacial score (nSPS) is 14.3. The van der Waals surface area contributed by atoms with Crippen LogP contribution in [-0.4, -0.2) is 45.4 Å². The minimum atomic E-state index is -0.929. The fraction of sp³-hybridized carbons (Fsp3) is 0.321. The van der Waals surface area contributed by atoms with E-state index in [-0.39, 0.29) is 31.0 Å². The third-order valence-corrected chi connectivity index (χ3v) is 7.38. The molecule has 9 nitrogen and oxygen atoms in total. The second-order valence-corrected chi connectivity index (χ2v) is 10.00. The molecule has 0 saturated heterocycles. The van der Waals surface area contributed by atoms with Crippen molar-refractivity contribution in [2.75, 3.05) is 11.5 Å². The Kier molecular flexibility index (Phi) is 7.78. The molecule has 5 rings (SSSR count). The van der Waals surface area contributed by atoms with Crippen LogP contribution in [0.1, 0.15) is 54.6 Å². The van der Waals surface area contributed by atoms with Gasteiger partial charge in [-0.1, -0.05) is 36.3 Å². The number of anilines is 1. The molecule has 2 amide bonds. The minimum Gasteiger partial charge on any atom is -0.462 e. The molecule has 0 spiro atoms. The number of hydrogen-bond donors (Lipinski definition) is 1. The van der Waals surface area contributed by atoms with Gasteiger partial charge in [0.05, 0.1) is 17.7 Å². The lowest BCUT2D eigenvalue weighted by atomic mass is 10.0. The third-order valence-electron chi connectivity index (χ3n) is 6.68. The van der Waals surface area contributed by atoms with Crippen LogP contribution in [0.15, 0.2) is 65.4 Å². The smallest absolute Gasteiger partial charge is 0.338 e. The number of ether oxygens (including phenoxy) is 1. The predicted octanol–water partition coefficient (Wildman–Crippen LogP) is 4.50. The SMILES string of the molecule is CCOC(=O)c1cccc(N(C(=O)Cn2nnc3ccccc32)[C@H](C(=O)NC2CCCC2)c2ccsc2)c1. The molecular formula is C28H29N5O4S. The fourth-order valence-corrected chi connectivity index (χ4v) is 5.55. The summed E-state index contributed by atoms with van der Waals surface area (Å²) in [7, 11) is 0. The zero-order valence-electron chi connectivity index (χ0n) is 21.1. The largest absolute Gasteiger partial charge is 0.462 e. The van der Waals surface area contributed by atoms with Gasteiger partial charge in [-0.05, 0) is 72.5 Å². The molecule has 1 fully saturated rings. The van der Waals surface area contributed by atoms with Gasteiger partial charge in [-0.15, -0.1) is 5.10 Å². The van der Waals surface area contributed by atoms with E-state index in [1.54, 1.807) is 31.2 Å². The maximum Gasteiger partial charge on any atom is 0.338 e. The van der Waals surface area contributed by atoms with Crippen molar-refractivity contribution in [2.24, 2.45) is 0 Å². The number of carbonyl (C=O) groups excluding carboxylic acids is 3. The first kappa shape index (κ1) is 25.6. The Bertz CT molecular complexity index is 1430. The Labute approximate surface area is 224 Å². The van der Waals surface area contributed by atoms with Gasteiger partial charge in [0.15, 0.2) is 0 Å². The van der Waals surface area contributed by atoms with Crippen LogP contribution in [-0.2, 0) is 20.9 Å². The summed E-state index contributed by atoms with van der Waals surface area (Å²) in [6.45, 7) is 1.83. The van der Waals surface area contributed by atoms with Crippen molar-refractivity contribution < 1.29 is 19.1 Å². The number of aromatic nitrogens is 3. The average molecular weight is 532 g/mol. The van der Waals surface area contributed by atoms with Crippen molar-refractivity contribution >= 4 is 45.8 Å². The summed E-state index contributed by atoms with van der Waals surface area (Å²) in [5.41, 5.74) is 2.80.